The molecule has 0 unspecified atom stereocenters. The van der Waals surface area contributed by atoms with E-state index in [4.69, 9.17) is 34.7 Å². The zero-order valence-corrected chi connectivity index (χ0v) is 30.0. The molecule has 0 spiro atoms. The van der Waals surface area contributed by atoms with Crippen LogP contribution < -0.4 is 11.5 Å². The van der Waals surface area contributed by atoms with Gasteiger partial charge < -0.3 is 20.9 Å². The van der Waals surface area contributed by atoms with Crippen molar-refractivity contribution >= 4 is 58.3 Å². The highest BCUT2D eigenvalue weighted by atomic mass is 35.5. The Morgan fingerprint density at radius 2 is 0.896 bits per heavy atom. The topological polar surface area (TPSA) is 105 Å². The molecule has 0 heterocycles. The molecule has 260 valence electrons. The molecule has 0 bridgehead atoms. The lowest BCUT2D eigenvalue weighted by atomic mass is 9.99. The highest BCUT2D eigenvalue weighted by Gasteiger charge is 2.26. The van der Waals surface area contributed by atoms with E-state index in [1.54, 1.807) is 0 Å². The van der Waals surface area contributed by atoms with Crippen molar-refractivity contribution in [3.05, 3.63) is 118 Å². The van der Waals surface area contributed by atoms with Crippen molar-refractivity contribution in [1.82, 2.24) is 0 Å². The molecule has 4 rings (SSSR count). The zero-order chi connectivity index (χ0) is 36.2. The summed E-state index contributed by atoms with van der Waals surface area (Å²) in [6.45, 7) is 0. The first-order valence-corrected chi connectivity index (χ1v) is 16.7. The van der Waals surface area contributed by atoms with E-state index in [1.165, 1.54) is 12.8 Å². The van der Waals surface area contributed by atoms with Gasteiger partial charge in [0.15, 0.2) is 0 Å². The van der Waals surface area contributed by atoms with Gasteiger partial charge in [-0.3, -0.25) is 0 Å². The van der Waals surface area contributed by atoms with Crippen LogP contribution in [0.1, 0.15) is 11.1 Å². The van der Waals surface area contributed by atoms with Gasteiger partial charge in [-0.25, -0.2) is 18.4 Å². The van der Waals surface area contributed by atoms with E-state index in [9.17, 15) is 18.4 Å². The normalized spacial score (nSPS) is 12.6. The van der Waals surface area contributed by atoms with Gasteiger partial charge >= 0.3 is 11.9 Å². The number of methoxy groups -OCH3 is 2. The highest BCUT2D eigenvalue weighted by molar-refractivity contribution is 6.31. The first kappa shape index (κ1) is 42.8. The van der Waals surface area contributed by atoms with Gasteiger partial charge in [0.1, 0.15) is 0 Å². The summed E-state index contributed by atoms with van der Waals surface area (Å²) in [5.74, 6) is -1.88. The average Bonchev–Trinajstić information content (AvgIpc) is 3.12. The fourth-order valence-electron chi connectivity index (χ4n) is 4.33. The van der Waals surface area contributed by atoms with Crippen molar-refractivity contribution in [1.29, 1.82) is 0 Å². The molecule has 0 aliphatic heterocycles. The van der Waals surface area contributed by atoms with E-state index in [0.717, 1.165) is 47.6 Å². The second kappa shape index (κ2) is 23.2. The third-order valence-electron chi connectivity index (χ3n) is 6.77. The number of halogens is 6. The van der Waals surface area contributed by atoms with Gasteiger partial charge in [-0.05, 0) is 70.5 Å². The molecule has 0 aliphatic carbocycles. The Kier molecular flexibility index (Phi) is 20.7. The van der Waals surface area contributed by atoms with Crippen LogP contribution in [0.3, 0.4) is 0 Å². The van der Waals surface area contributed by atoms with E-state index in [-0.39, 0.29) is 12.8 Å². The van der Waals surface area contributed by atoms with Gasteiger partial charge in [0.25, 0.3) is 0 Å². The average molecular weight is 745 g/mol. The maximum atomic E-state index is 13.7. The molecule has 4 aromatic carbocycles. The molecular formula is C36H40Cl4F2N2O4. The second-order valence-electron chi connectivity index (χ2n) is 10.0. The molecule has 0 saturated heterocycles. The standard InChI is InChI=1S/2C17H17ClFNO2.2CH3Cl/c2*1-22-17(21)16(19)15(20)9-11-5-7-12(8-6-11)13-3-2-4-14(18)10-13;2*1-2/h2*2-8,10,15-16H,9,20H2,1H3;2*1H3/t15-,16+;15-,16-;;/m11../s1. The van der Waals surface area contributed by atoms with Crippen molar-refractivity contribution < 1.29 is 27.8 Å². The lowest BCUT2D eigenvalue weighted by Crippen LogP contribution is -2.39. The zero-order valence-electron chi connectivity index (χ0n) is 27.0. The lowest BCUT2D eigenvalue weighted by Gasteiger charge is -2.15. The van der Waals surface area contributed by atoms with Gasteiger partial charge in [-0.15, -0.1) is 23.2 Å². The molecule has 6 nitrogen and oxygen atoms in total. The van der Waals surface area contributed by atoms with Crippen LogP contribution in [0, 0.1) is 0 Å². The summed E-state index contributed by atoms with van der Waals surface area (Å²) in [6, 6.07) is 28.3. The van der Waals surface area contributed by atoms with Gasteiger partial charge in [0.05, 0.1) is 26.3 Å². The number of hydrogen-bond donors (Lipinski definition) is 2. The van der Waals surface area contributed by atoms with Gasteiger partial charge in [0.2, 0.25) is 12.3 Å². The Balaban J connectivity index is 0.000000435. The monoisotopic (exact) mass is 742 g/mol. The smallest absolute Gasteiger partial charge is 0.342 e. The molecule has 0 saturated carbocycles. The quantitative estimate of drug-likeness (QED) is 0.125. The number of nitrogens with two attached hydrogens (primary N) is 2. The van der Waals surface area contributed by atoms with Gasteiger partial charge in [0, 0.05) is 22.8 Å². The van der Waals surface area contributed by atoms with E-state index in [0.29, 0.717) is 10.0 Å². The fraction of sp³-hybridized carbons (Fsp3) is 0.278. The minimum atomic E-state index is -1.82. The summed E-state index contributed by atoms with van der Waals surface area (Å²) in [6.07, 6.45) is -0.187. The Hall–Kier alpha value is -3.24. The summed E-state index contributed by atoms with van der Waals surface area (Å²) >= 11 is 21.2. The SMILES string of the molecule is CCl.CCl.COC(=O)[C@@H](F)[C@H](N)Cc1ccc(-c2cccc(Cl)c2)cc1.COC(=O)[C@H](F)[C@H](N)Cc1ccc(-c2cccc(Cl)c2)cc1. The van der Waals surface area contributed by atoms with Crippen LogP contribution in [-0.2, 0) is 31.9 Å². The highest BCUT2D eigenvalue weighted by Crippen LogP contribution is 2.25. The Morgan fingerprint density at radius 1 is 0.583 bits per heavy atom. The van der Waals surface area contributed by atoms with Crippen molar-refractivity contribution in [2.45, 2.75) is 37.3 Å². The number of benzene rings is 4. The number of esters is 2. The summed E-state index contributed by atoms with van der Waals surface area (Å²) in [5.41, 5.74) is 17.1. The molecule has 0 radical (unpaired) electrons. The van der Waals surface area contributed by atoms with Crippen molar-refractivity contribution in [2.75, 3.05) is 27.0 Å². The molecule has 0 fully saturated rings. The van der Waals surface area contributed by atoms with E-state index < -0.39 is 36.4 Å². The minimum Gasteiger partial charge on any atom is -0.467 e. The molecule has 4 N–H and O–H groups in total. The Labute approximate surface area is 301 Å². The first-order valence-electron chi connectivity index (χ1n) is 14.4. The second-order valence-corrected chi connectivity index (χ2v) is 10.9. The number of ether oxygens (including phenoxy) is 2. The molecule has 12 heteroatoms. The van der Waals surface area contributed by atoms with Crippen LogP contribution >= 0.6 is 46.4 Å². The molecule has 4 atom stereocenters. The molecule has 0 aromatic heterocycles. The van der Waals surface area contributed by atoms with E-state index in [1.807, 2.05) is 97.1 Å². The first-order chi connectivity index (χ1) is 23.0. The van der Waals surface area contributed by atoms with Crippen LogP contribution in [0.15, 0.2) is 97.1 Å². The third kappa shape index (κ3) is 14.1. The molecule has 48 heavy (non-hydrogen) atoms. The summed E-state index contributed by atoms with van der Waals surface area (Å²) in [7, 11) is 2.28. The fourth-order valence-corrected chi connectivity index (χ4v) is 4.71. The Morgan fingerprint density at radius 3 is 1.17 bits per heavy atom. The Bertz CT molecular complexity index is 1410. The van der Waals surface area contributed by atoms with Gasteiger partial charge in [-0.2, -0.15) is 0 Å². The van der Waals surface area contributed by atoms with Crippen molar-refractivity contribution in [3.63, 3.8) is 0 Å². The number of carbonyl (C=O) groups is 2. The summed E-state index contributed by atoms with van der Waals surface area (Å²) in [4.78, 5) is 22.2. The van der Waals surface area contributed by atoms with Crippen molar-refractivity contribution in [3.8, 4) is 22.3 Å². The summed E-state index contributed by atoms with van der Waals surface area (Å²) in [5, 5.41) is 1.34. The maximum absolute atomic E-state index is 13.7. The van der Waals surface area contributed by atoms with Crippen LogP contribution in [0.5, 0.6) is 0 Å². The molecule has 0 amide bonds. The van der Waals surface area contributed by atoms with E-state index in [2.05, 4.69) is 32.7 Å². The van der Waals surface area contributed by atoms with Crippen LogP contribution in [-0.4, -0.2) is 63.4 Å². The van der Waals surface area contributed by atoms with Crippen LogP contribution in [0.25, 0.3) is 22.3 Å². The maximum Gasteiger partial charge on any atom is 0.342 e. The number of alkyl halides is 4. The molecule has 0 aliphatic rings. The third-order valence-corrected chi connectivity index (χ3v) is 7.24. The molecular weight excluding hydrogens is 704 g/mol. The van der Waals surface area contributed by atoms with E-state index >= 15 is 0 Å². The lowest BCUT2D eigenvalue weighted by molar-refractivity contribution is -0.148. The predicted octanol–water partition coefficient (Wildman–Crippen LogP) is 8.49. The molecule has 4 aromatic rings. The number of rotatable bonds is 10. The van der Waals surface area contributed by atoms with Gasteiger partial charge in [-0.1, -0.05) is 96.0 Å². The van der Waals surface area contributed by atoms with Crippen molar-refractivity contribution in [2.24, 2.45) is 11.5 Å². The minimum absolute atomic E-state index is 0.256. The summed E-state index contributed by atoms with van der Waals surface area (Å²) < 4.78 is 36.0. The number of hydrogen-bond acceptors (Lipinski definition) is 6. The number of carbonyl (C=O) groups excluding carboxylic acids is 2. The largest absolute Gasteiger partial charge is 0.467 e. The van der Waals surface area contributed by atoms with Crippen LogP contribution in [0.2, 0.25) is 10.0 Å². The van der Waals surface area contributed by atoms with Crippen LogP contribution in [0.4, 0.5) is 8.78 Å². The predicted molar refractivity (Wildman–Crippen MR) is 195 cm³/mol.